The number of benzene rings is 1. The van der Waals surface area contributed by atoms with Crippen LogP contribution >= 0.6 is 0 Å². The minimum Gasteiger partial charge on any atom is -0.497 e. The number of hydrogen-bond donors (Lipinski definition) is 1. The molecule has 114 valence electrons. The molecule has 1 N–H and O–H groups in total. The highest BCUT2D eigenvalue weighted by Crippen LogP contribution is 2.44. The summed E-state index contributed by atoms with van der Waals surface area (Å²) in [5, 5.41) is 10.2. The Bertz CT molecular complexity index is 518. The summed E-state index contributed by atoms with van der Waals surface area (Å²) >= 11 is 0. The van der Waals surface area contributed by atoms with Crippen molar-refractivity contribution in [1.29, 1.82) is 0 Å². The van der Waals surface area contributed by atoms with Gasteiger partial charge in [0.1, 0.15) is 17.1 Å². The van der Waals surface area contributed by atoms with Gasteiger partial charge in [-0.3, -0.25) is 4.79 Å². The SMILES string of the molecule is COc1ccc(OC(C)C(=O)N2CC(O)(C3CC3)C2)cc1. The monoisotopic (exact) mass is 291 g/mol. The highest BCUT2D eigenvalue weighted by Gasteiger charge is 2.53. The third-order valence-electron chi connectivity index (χ3n) is 4.30. The van der Waals surface area contributed by atoms with Crippen LogP contribution in [0.4, 0.5) is 0 Å². The van der Waals surface area contributed by atoms with E-state index in [9.17, 15) is 9.90 Å². The second-order valence-electron chi connectivity index (χ2n) is 6.01. The van der Waals surface area contributed by atoms with Gasteiger partial charge in [0.25, 0.3) is 5.91 Å². The quantitative estimate of drug-likeness (QED) is 0.892. The average molecular weight is 291 g/mol. The molecule has 21 heavy (non-hydrogen) atoms. The smallest absolute Gasteiger partial charge is 0.263 e. The fraction of sp³-hybridized carbons (Fsp3) is 0.562. The fourth-order valence-electron chi connectivity index (χ4n) is 2.82. The molecule has 0 aromatic heterocycles. The van der Waals surface area contributed by atoms with Crippen LogP contribution in [0.15, 0.2) is 24.3 Å². The molecule has 5 heteroatoms. The van der Waals surface area contributed by atoms with Gasteiger partial charge < -0.3 is 19.5 Å². The summed E-state index contributed by atoms with van der Waals surface area (Å²) in [5.41, 5.74) is -0.643. The highest BCUT2D eigenvalue weighted by atomic mass is 16.5. The van der Waals surface area contributed by atoms with E-state index in [1.807, 2.05) is 0 Å². The van der Waals surface area contributed by atoms with E-state index in [1.54, 1.807) is 43.2 Å². The van der Waals surface area contributed by atoms with E-state index < -0.39 is 11.7 Å². The summed E-state index contributed by atoms with van der Waals surface area (Å²) in [7, 11) is 1.60. The Hall–Kier alpha value is -1.75. The molecule has 3 rings (SSSR count). The summed E-state index contributed by atoms with van der Waals surface area (Å²) in [4.78, 5) is 13.9. The predicted octanol–water partition coefficient (Wildman–Crippen LogP) is 1.45. The molecule has 1 amide bonds. The molecule has 1 aromatic carbocycles. The van der Waals surface area contributed by atoms with Crippen molar-refractivity contribution in [3.63, 3.8) is 0 Å². The van der Waals surface area contributed by atoms with Gasteiger partial charge in [0.15, 0.2) is 6.10 Å². The number of carbonyl (C=O) groups is 1. The van der Waals surface area contributed by atoms with Crippen LogP contribution in [0.5, 0.6) is 11.5 Å². The van der Waals surface area contributed by atoms with E-state index in [2.05, 4.69) is 0 Å². The van der Waals surface area contributed by atoms with E-state index >= 15 is 0 Å². The molecule has 1 heterocycles. The van der Waals surface area contributed by atoms with Gasteiger partial charge in [0.05, 0.1) is 20.2 Å². The molecule has 0 radical (unpaired) electrons. The van der Waals surface area contributed by atoms with Crippen molar-refractivity contribution in [3.8, 4) is 11.5 Å². The lowest BCUT2D eigenvalue weighted by Gasteiger charge is -2.47. The lowest BCUT2D eigenvalue weighted by molar-refractivity contribution is -0.165. The lowest BCUT2D eigenvalue weighted by atomic mass is 9.88. The first kappa shape index (κ1) is 14.2. The number of ether oxygens (including phenoxy) is 2. The van der Waals surface area contributed by atoms with E-state index in [-0.39, 0.29) is 5.91 Å². The minimum absolute atomic E-state index is 0.0730. The van der Waals surface area contributed by atoms with Gasteiger partial charge in [-0.25, -0.2) is 0 Å². The van der Waals surface area contributed by atoms with Crippen LogP contribution in [0.3, 0.4) is 0 Å². The molecule has 1 aromatic rings. The van der Waals surface area contributed by atoms with Crippen LogP contribution in [0, 0.1) is 5.92 Å². The summed E-state index contributed by atoms with van der Waals surface area (Å²) in [6.45, 7) is 2.61. The van der Waals surface area contributed by atoms with Crippen LogP contribution < -0.4 is 9.47 Å². The Kier molecular flexibility index (Phi) is 3.53. The third-order valence-corrected chi connectivity index (χ3v) is 4.30. The number of nitrogens with zero attached hydrogens (tertiary/aromatic N) is 1. The number of carbonyl (C=O) groups excluding carboxylic acids is 1. The highest BCUT2D eigenvalue weighted by molar-refractivity contribution is 5.82. The van der Waals surface area contributed by atoms with Gasteiger partial charge in [-0.05, 0) is 49.9 Å². The Balaban J connectivity index is 1.53. The molecule has 2 aliphatic rings. The fourth-order valence-corrected chi connectivity index (χ4v) is 2.82. The molecule has 1 atom stereocenters. The number of methoxy groups -OCH3 is 1. The average Bonchev–Trinajstić information content (AvgIpc) is 3.29. The van der Waals surface area contributed by atoms with E-state index in [1.165, 1.54) is 0 Å². The van der Waals surface area contributed by atoms with Crippen LogP contribution in [0.25, 0.3) is 0 Å². The van der Waals surface area contributed by atoms with Gasteiger partial charge in [-0.15, -0.1) is 0 Å². The Morgan fingerprint density at radius 1 is 1.29 bits per heavy atom. The zero-order valence-corrected chi connectivity index (χ0v) is 12.4. The lowest BCUT2D eigenvalue weighted by Crippen LogP contribution is -2.66. The van der Waals surface area contributed by atoms with Gasteiger partial charge in [0, 0.05) is 0 Å². The number of likely N-dealkylation sites (tertiary alicyclic amines) is 1. The Morgan fingerprint density at radius 2 is 1.86 bits per heavy atom. The molecule has 0 spiro atoms. The molecule has 1 saturated heterocycles. The van der Waals surface area contributed by atoms with Crippen molar-refractivity contribution in [3.05, 3.63) is 24.3 Å². The molecule has 2 fully saturated rings. The normalized spacial score (nSPS) is 21.4. The number of hydrogen-bond acceptors (Lipinski definition) is 4. The largest absolute Gasteiger partial charge is 0.497 e. The van der Waals surface area contributed by atoms with Crippen molar-refractivity contribution in [1.82, 2.24) is 4.90 Å². The van der Waals surface area contributed by atoms with E-state index in [0.29, 0.717) is 24.8 Å². The standard InChI is InChI=1S/C16H21NO4/c1-11(21-14-7-5-13(20-2)6-8-14)15(18)17-9-16(19,10-17)12-3-4-12/h5-8,11-12,19H,3-4,9-10H2,1-2H3. The number of aliphatic hydroxyl groups is 1. The van der Waals surface area contributed by atoms with Gasteiger partial charge in [-0.2, -0.15) is 0 Å². The molecule has 0 bridgehead atoms. The number of β-amino-alcohol motifs (C(OH)–C–C–N with tert-alkyl or cyclic N) is 1. The molecular formula is C16H21NO4. The summed E-state index contributed by atoms with van der Waals surface area (Å²) in [5.74, 6) is 1.70. The van der Waals surface area contributed by atoms with Gasteiger partial charge in [-0.1, -0.05) is 0 Å². The first-order chi connectivity index (χ1) is 10.0. The van der Waals surface area contributed by atoms with Crippen molar-refractivity contribution < 1.29 is 19.4 Å². The second-order valence-corrected chi connectivity index (χ2v) is 6.01. The maximum atomic E-state index is 12.2. The molecular weight excluding hydrogens is 270 g/mol. The van der Waals surface area contributed by atoms with Crippen molar-refractivity contribution in [2.75, 3.05) is 20.2 Å². The Labute approximate surface area is 124 Å². The molecule has 1 unspecified atom stereocenters. The molecule has 1 aliphatic carbocycles. The van der Waals surface area contributed by atoms with E-state index in [0.717, 1.165) is 18.6 Å². The van der Waals surface area contributed by atoms with Crippen molar-refractivity contribution in [2.45, 2.75) is 31.5 Å². The van der Waals surface area contributed by atoms with Gasteiger partial charge in [0.2, 0.25) is 0 Å². The van der Waals surface area contributed by atoms with Crippen molar-refractivity contribution >= 4 is 5.91 Å². The van der Waals surface area contributed by atoms with Gasteiger partial charge >= 0.3 is 0 Å². The molecule has 5 nitrogen and oxygen atoms in total. The van der Waals surface area contributed by atoms with Crippen LogP contribution in [0.1, 0.15) is 19.8 Å². The summed E-state index contributed by atoms with van der Waals surface area (Å²) in [6, 6.07) is 7.14. The minimum atomic E-state index is -0.643. The zero-order valence-electron chi connectivity index (χ0n) is 12.4. The topological polar surface area (TPSA) is 59.0 Å². The maximum Gasteiger partial charge on any atom is 0.263 e. The molecule has 1 saturated carbocycles. The predicted molar refractivity (Wildman–Crippen MR) is 77.3 cm³/mol. The van der Waals surface area contributed by atoms with Crippen LogP contribution in [-0.4, -0.2) is 47.8 Å². The summed E-state index contributed by atoms with van der Waals surface area (Å²) < 4.78 is 10.7. The molecule has 1 aliphatic heterocycles. The van der Waals surface area contributed by atoms with Crippen molar-refractivity contribution in [2.24, 2.45) is 5.92 Å². The summed E-state index contributed by atoms with van der Waals surface area (Å²) in [6.07, 6.45) is 1.61. The Morgan fingerprint density at radius 3 is 2.38 bits per heavy atom. The number of rotatable bonds is 5. The first-order valence-electron chi connectivity index (χ1n) is 7.34. The van der Waals surface area contributed by atoms with Crippen LogP contribution in [-0.2, 0) is 4.79 Å². The zero-order chi connectivity index (χ0) is 15.0. The third kappa shape index (κ3) is 2.83. The number of amides is 1. The first-order valence-corrected chi connectivity index (χ1v) is 7.34. The van der Waals surface area contributed by atoms with Crippen LogP contribution in [0.2, 0.25) is 0 Å². The second kappa shape index (κ2) is 5.22. The maximum absolute atomic E-state index is 12.2. The van der Waals surface area contributed by atoms with E-state index in [4.69, 9.17) is 9.47 Å².